The second-order valence-corrected chi connectivity index (χ2v) is 18.6. The van der Waals surface area contributed by atoms with Crippen molar-refractivity contribution < 1.29 is 14.3 Å². The number of ketones is 2. The maximum absolute atomic E-state index is 14.9. The quantitative estimate of drug-likeness (QED) is 0.139. The highest BCUT2D eigenvalue weighted by Crippen LogP contribution is 2.60. The maximum Gasteiger partial charge on any atom is 0.148 e. The molecule has 4 saturated carbocycles. The summed E-state index contributed by atoms with van der Waals surface area (Å²) in [6.07, 6.45) is 8.95. The van der Waals surface area contributed by atoms with Crippen molar-refractivity contribution in [2.24, 2.45) is 23.7 Å². The molecule has 308 valence electrons. The molecule has 8 atom stereocenters. The van der Waals surface area contributed by atoms with Crippen molar-refractivity contribution in [1.29, 1.82) is 0 Å². The lowest BCUT2D eigenvalue weighted by atomic mass is 9.67. The van der Waals surface area contributed by atoms with E-state index in [9.17, 15) is 9.59 Å². The molecule has 0 amide bonds. The topological polar surface area (TPSA) is 43.4 Å². The Morgan fingerprint density at radius 2 is 0.541 bits per heavy atom. The molecule has 0 bridgehead atoms. The molecule has 0 heterocycles. The molecular formula is C58H58O3. The second kappa shape index (κ2) is 17.9. The Morgan fingerprint density at radius 3 is 0.820 bits per heavy atom. The van der Waals surface area contributed by atoms with Crippen LogP contribution in [0.3, 0.4) is 0 Å². The van der Waals surface area contributed by atoms with Crippen LogP contribution in [0.15, 0.2) is 182 Å². The average Bonchev–Trinajstić information content (AvgIpc) is 3.82. The van der Waals surface area contributed by atoms with Crippen LogP contribution in [0.25, 0.3) is 0 Å². The van der Waals surface area contributed by atoms with Gasteiger partial charge in [-0.25, -0.2) is 0 Å². The van der Waals surface area contributed by atoms with Gasteiger partial charge in [0.15, 0.2) is 0 Å². The number of carbonyl (C=O) groups is 2. The highest BCUT2D eigenvalue weighted by Gasteiger charge is 2.56. The number of benzene rings is 6. The molecule has 0 radical (unpaired) electrons. The highest BCUT2D eigenvalue weighted by molar-refractivity contribution is 5.97. The van der Waals surface area contributed by atoms with Crippen molar-refractivity contribution in [2.75, 3.05) is 0 Å². The molecule has 8 unspecified atom stereocenters. The lowest BCUT2D eigenvalue weighted by molar-refractivity contribution is -0.121. The molecule has 0 N–H and O–H groups in total. The van der Waals surface area contributed by atoms with E-state index in [1.165, 1.54) is 11.1 Å². The maximum atomic E-state index is 14.9. The Balaban J connectivity index is 0.863. The minimum atomic E-state index is -0.163. The first-order valence-corrected chi connectivity index (χ1v) is 23.2. The average molecular weight is 803 g/mol. The molecule has 6 aromatic rings. The summed E-state index contributed by atoms with van der Waals surface area (Å²) in [5.41, 5.74) is 7.17. The Morgan fingerprint density at radius 1 is 0.295 bits per heavy atom. The zero-order valence-corrected chi connectivity index (χ0v) is 35.1. The number of rotatable bonds is 10. The van der Waals surface area contributed by atoms with Gasteiger partial charge in [0.1, 0.15) is 11.6 Å². The molecular weight excluding hydrogens is 745 g/mol. The van der Waals surface area contributed by atoms with Gasteiger partial charge in [-0.05, 0) is 108 Å². The summed E-state index contributed by atoms with van der Waals surface area (Å²) in [6.45, 7) is 0. The molecule has 0 aromatic heterocycles. The predicted octanol–water partition coefficient (Wildman–Crippen LogP) is 13.2. The molecule has 3 heteroatoms. The smallest absolute Gasteiger partial charge is 0.148 e. The summed E-state index contributed by atoms with van der Waals surface area (Å²) in [6, 6.07) is 64.2. The summed E-state index contributed by atoms with van der Waals surface area (Å²) in [5, 5.41) is 0. The summed E-state index contributed by atoms with van der Waals surface area (Å²) < 4.78 is 7.09. The molecule has 4 aliphatic rings. The van der Waals surface area contributed by atoms with E-state index in [0.29, 0.717) is 23.4 Å². The van der Waals surface area contributed by atoms with Crippen molar-refractivity contribution in [1.82, 2.24) is 0 Å². The largest absolute Gasteiger partial charge is 0.375 e. The fraction of sp³-hybridized carbons (Fsp3) is 0.345. The van der Waals surface area contributed by atoms with Crippen molar-refractivity contribution in [3.63, 3.8) is 0 Å². The molecule has 0 aliphatic heterocycles. The summed E-state index contributed by atoms with van der Waals surface area (Å²) >= 11 is 0. The SMILES string of the molecule is O=C1C(c2ccccc2)C(c2ccccc2)C(C2CCC(OC3CCC(C4C(c5ccccc5)C(=O)C(c5ccccc5)C4c4ccccc4)CC3)CC2)C1c1ccccc1. The Hall–Kier alpha value is -5.38. The third-order valence-corrected chi connectivity index (χ3v) is 15.5. The Bertz CT molecular complexity index is 2160. The van der Waals surface area contributed by atoms with Crippen LogP contribution in [0.2, 0.25) is 0 Å². The molecule has 61 heavy (non-hydrogen) atoms. The summed E-state index contributed by atoms with van der Waals surface area (Å²) in [7, 11) is 0. The third kappa shape index (κ3) is 7.87. The lowest BCUT2D eigenvalue weighted by Gasteiger charge is -2.41. The number of ether oxygens (including phenoxy) is 1. The highest BCUT2D eigenvalue weighted by atomic mass is 16.5. The Kier molecular flexibility index (Phi) is 11.7. The van der Waals surface area contributed by atoms with Gasteiger partial charge in [-0.3, -0.25) is 9.59 Å². The van der Waals surface area contributed by atoms with Crippen LogP contribution in [0.4, 0.5) is 0 Å². The van der Waals surface area contributed by atoms with Crippen LogP contribution >= 0.6 is 0 Å². The van der Waals surface area contributed by atoms with E-state index in [1.807, 2.05) is 0 Å². The zero-order valence-electron chi connectivity index (χ0n) is 35.1. The summed E-state index contributed by atoms with van der Waals surface area (Å²) in [5.74, 6) is 1.74. The van der Waals surface area contributed by atoms with Gasteiger partial charge in [-0.1, -0.05) is 182 Å². The molecule has 4 fully saturated rings. The number of carbonyl (C=O) groups excluding carboxylic acids is 2. The van der Waals surface area contributed by atoms with Gasteiger partial charge in [0, 0.05) is 23.7 Å². The van der Waals surface area contributed by atoms with E-state index in [-0.39, 0.29) is 59.6 Å². The first-order chi connectivity index (χ1) is 30.1. The van der Waals surface area contributed by atoms with E-state index >= 15 is 0 Å². The fourth-order valence-electron chi connectivity index (χ4n) is 12.9. The minimum Gasteiger partial charge on any atom is -0.375 e. The number of hydrogen-bond acceptors (Lipinski definition) is 3. The lowest BCUT2D eigenvalue weighted by Crippen LogP contribution is -2.35. The molecule has 0 spiro atoms. The van der Waals surface area contributed by atoms with Crippen LogP contribution in [0.5, 0.6) is 0 Å². The second-order valence-electron chi connectivity index (χ2n) is 18.6. The third-order valence-electron chi connectivity index (χ3n) is 15.5. The van der Waals surface area contributed by atoms with Gasteiger partial charge >= 0.3 is 0 Å². The van der Waals surface area contributed by atoms with Gasteiger partial charge < -0.3 is 4.74 Å². The van der Waals surface area contributed by atoms with Crippen molar-refractivity contribution in [3.8, 4) is 0 Å². The van der Waals surface area contributed by atoms with E-state index in [4.69, 9.17) is 4.74 Å². The molecule has 10 rings (SSSR count). The monoisotopic (exact) mass is 802 g/mol. The first-order valence-electron chi connectivity index (χ1n) is 23.2. The molecule has 0 saturated heterocycles. The normalized spacial score (nSPS) is 31.5. The van der Waals surface area contributed by atoms with Crippen molar-refractivity contribution in [2.45, 2.75) is 99.1 Å². The summed E-state index contributed by atoms with van der Waals surface area (Å²) in [4.78, 5) is 29.7. The van der Waals surface area contributed by atoms with E-state index in [2.05, 4.69) is 182 Å². The molecule has 4 aliphatic carbocycles. The van der Waals surface area contributed by atoms with Crippen molar-refractivity contribution in [3.05, 3.63) is 215 Å². The minimum absolute atomic E-state index is 0.127. The van der Waals surface area contributed by atoms with Crippen molar-refractivity contribution >= 4 is 11.6 Å². The number of Topliss-reactive ketones (excluding diaryl/α,β-unsaturated/α-hetero) is 2. The van der Waals surface area contributed by atoms with Gasteiger partial charge in [-0.15, -0.1) is 0 Å². The predicted molar refractivity (Wildman–Crippen MR) is 245 cm³/mol. The van der Waals surface area contributed by atoms with E-state index < -0.39 is 0 Å². The van der Waals surface area contributed by atoms with Gasteiger partial charge in [-0.2, -0.15) is 0 Å². The van der Waals surface area contributed by atoms with Crippen LogP contribution in [-0.2, 0) is 14.3 Å². The molecule has 3 nitrogen and oxygen atoms in total. The first kappa shape index (κ1) is 39.7. The van der Waals surface area contributed by atoms with E-state index in [1.54, 1.807) is 0 Å². The van der Waals surface area contributed by atoms with Gasteiger partial charge in [0.25, 0.3) is 0 Å². The van der Waals surface area contributed by atoms with Gasteiger partial charge in [0.05, 0.1) is 24.0 Å². The van der Waals surface area contributed by atoms with Crippen LogP contribution < -0.4 is 0 Å². The fourth-order valence-corrected chi connectivity index (χ4v) is 12.9. The van der Waals surface area contributed by atoms with Crippen LogP contribution in [0, 0.1) is 23.7 Å². The zero-order chi connectivity index (χ0) is 41.1. The molecule has 6 aromatic carbocycles. The van der Waals surface area contributed by atoms with Crippen LogP contribution in [-0.4, -0.2) is 23.8 Å². The number of hydrogen-bond donors (Lipinski definition) is 0. The van der Waals surface area contributed by atoms with Gasteiger partial charge in [0.2, 0.25) is 0 Å². The van der Waals surface area contributed by atoms with Crippen LogP contribution in [0.1, 0.15) is 120 Å². The Labute approximate surface area is 362 Å². The van der Waals surface area contributed by atoms with E-state index in [0.717, 1.165) is 73.6 Å². The standard InChI is InChI=1S/C58H58O3/c59-57-53(41-23-11-3-12-24-41)49(39-19-7-1-8-20-39)51(55(57)43-27-15-5-16-28-43)45-31-35-47(36-32-45)61-48-37-33-46(34-38-48)52-50(40-21-9-2-10-22-40)54(42-25-13-4-14-26-42)58(60)56(52)44-29-17-6-18-30-44/h1-30,45-56H,31-38H2.